The Bertz CT molecular complexity index is 875. The number of amides is 3. The van der Waals surface area contributed by atoms with Gasteiger partial charge in [-0.1, -0.05) is 5.16 Å². The molecule has 0 bridgehead atoms. The van der Waals surface area contributed by atoms with Gasteiger partial charge in [0.05, 0.1) is 0 Å². The van der Waals surface area contributed by atoms with Crippen LogP contribution in [0, 0.1) is 0 Å². The van der Waals surface area contributed by atoms with Gasteiger partial charge in [-0.05, 0) is 0 Å². The van der Waals surface area contributed by atoms with E-state index in [9.17, 15) is 22.8 Å². The summed E-state index contributed by atoms with van der Waals surface area (Å²) in [5.74, 6) is -3.48. The molecular weight excluding hydrogens is 403 g/mol. The van der Waals surface area contributed by atoms with Crippen LogP contribution >= 0.6 is 11.3 Å². The molecule has 1 saturated heterocycles. The van der Waals surface area contributed by atoms with Crippen molar-refractivity contribution in [3.63, 3.8) is 0 Å². The number of nitrogen functional groups attached to an aromatic ring is 1. The van der Waals surface area contributed by atoms with Crippen LogP contribution in [0.25, 0.3) is 0 Å². The summed E-state index contributed by atoms with van der Waals surface area (Å²) >= 11 is 1.01. The van der Waals surface area contributed by atoms with Gasteiger partial charge in [0.15, 0.2) is 16.9 Å². The standard InChI is InChI=1S/C10H12N6O7S2.Na.H/c1-23-15-4(3-2-24-10(12)13-3)8(18)14-5-6(7(11)17)16(9(5)19)25(20,21)22;;/h2,5-6H,1H3,(H2,11,17)(H2,12,13)(H,14,18)(H,20,21,22);;/q;+1;-1/b15-4-;;/t5-,6-;;/m0../s1. The van der Waals surface area contributed by atoms with E-state index in [0.717, 1.165) is 18.4 Å². The predicted octanol–water partition coefficient (Wildman–Crippen LogP) is -5.82. The first kappa shape index (κ1) is 22.3. The number of primary amides is 1. The van der Waals surface area contributed by atoms with Crippen molar-refractivity contribution in [2.45, 2.75) is 12.1 Å². The number of hydrogen-bond acceptors (Lipinski definition) is 10. The molecule has 0 radical (unpaired) electrons. The zero-order valence-electron chi connectivity index (χ0n) is 14.4. The molecule has 0 unspecified atom stereocenters. The molecular formula is C10H13N6NaO7S2. The minimum atomic E-state index is -5.01. The van der Waals surface area contributed by atoms with Crippen LogP contribution in [-0.4, -0.2) is 64.9 Å². The first-order valence-electron chi connectivity index (χ1n) is 6.31. The molecule has 1 aromatic rings. The molecule has 2 heterocycles. The van der Waals surface area contributed by atoms with Gasteiger partial charge in [-0.15, -0.1) is 11.3 Å². The van der Waals surface area contributed by atoms with Crippen LogP contribution in [-0.2, 0) is 29.5 Å². The second kappa shape index (κ2) is 8.28. The second-order valence-corrected chi connectivity index (χ2v) is 6.78. The number of nitrogens with one attached hydrogen (secondary N) is 1. The molecule has 0 spiro atoms. The van der Waals surface area contributed by atoms with Crippen molar-refractivity contribution in [1.29, 1.82) is 0 Å². The van der Waals surface area contributed by atoms with Gasteiger partial charge in [0.1, 0.15) is 18.8 Å². The molecule has 16 heteroatoms. The van der Waals surface area contributed by atoms with Crippen molar-refractivity contribution in [1.82, 2.24) is 14.6 Å². The molecule has 1 fully saturated rings. The quantitative estimate of drug-likeness (QED) is 0.114. The van der Waals surface area contributed by atoms with Crippen molar-refractivity contribution in [2.24, 2.45) is 10.9 Å². The number of β-lactam (4-membered cyclic amide) rings is 1. The summed E-state index contributed by atoms with van der Waals surface area (Å²) in [5.41, 5.74) is 10.2. The molecule has 1 aliphatic heterocycles. The number of rotatable bonds is 6. The molecule has 0 saturated carbocycles. The maximum absolute atomic E-state index is 12.3. The van der Waals surface area contributed by atoms with E-state index in [1.165, 1.54) is 5.38 Å². The van der Waals surface area contributed by atoms with E-state index in [1.807, 2.05) is 0 Å². The summed E-state index contributed by atoms with van der Waals surface area (Å²) in [6.45, 7) is 0. The molecule has 2 atom stereocenters. The molecule has 1 aliphatic rings. The first-order valence-corrected chi connectivity index (χ1v) is 8.59. The maximum Gasteiger partial charge on any atom is 1.00 e. The third kappa shape index (κ3) is 4.30. The molecule has 26 heavy (non-hydrogen) atoms. The average Bonchev–Trinajstić information content (AvgIpc) is 2.91. The fourth-order valence-corrected chi connectivity index (χ4v) is 3.44. The van der Waals surface area contributed by atoms with E-state index in [0.29, 0.717) is 0 Å². The molecule has 3 amide bonds. The van der Waals surface area contributed by atoms with Gasteiger partial charge in [0, 0.05) is 5.38 Å². The number of nitrogens with two attached hydrogens (primary N) is 2. The fourth-order valence-electron chi connectivity index (χ4n) is 2.04. The van der Waals surface area contributed by atoms with Crippen LogP contribution in [0.3, 0.4) is 0 Å². The largest absolute Gasteiger partial charge is 1.00 e. The number of oxime groups is 1. The van der Waals surface area contributed by atoms with Gasteiger partial charge in [-0.25, -0.2) is 4.98 Å². The van der Waals surface area contributed by atoms with Crippen LogP contribution in [0.5, 0.6) is 0 Å². The third-order valence-electron chi connectivity index (χ3n) is 3.04. The van der Waals surface area contributed by atoms with Crippen molar-refractivity contribution >= 4 is 50.2 Å². The topological polar surface area (TPSA) is 207 Å². The van der Waals surface area contributed by atoms with Crippen molar-refractivity contribution in [2.75, 3.05) is 12.8 Å². The first-order chi connectivity index (χ1) is 11.6. The van der Waals surface area contributed by atoms with Crippen molar-refractivity contribution < 1.29 is 63.2 Å². The monoisotopic (exact) mass is 416 g/mol. The number of carbonyl (C=O) groups is 3. The third-order valence-corrected chi connectivity index (χ3v) is 4.62. The fraction of sp³-hybridized carbons (Fsp3) is 0.300. The van der Waals surface area contributed by atoms with E-state index in [2.05, 4.69) is 20.3 Å². The maximum atomic E-state index is 12.3. The summed E-state index contributed by atoms with van der Waals surface area (Å²) < 4.78 is 31.0. The summed E-state index contributed by atoms with van der Waals surface area (Å²) in [5, 5.41) is 7.10. The van der Waals surface area contributed by atoms with Crippen LogP contribution in [0.15, 0.2) is 10.5 Å². The number of thiazole rings is 1. The predicted molar refractivity (Wildman–Crippen MR) is 84.5 cm³/mol. The van der Waals surface area contributed by atoms with Gasteiger partial charge < -0.3 is 23.0 Å². The van der Waals surface area contributed by atoms with Gasteiger partial charge in [0.2, 0.25) is 5.91 Å². The summed E-state index contributed by atoms with van der Waals surface area (Å²) in [6.07, 6.45) is 0. The number of carbonyl (C=O) groups excluding carboxylic acids is 3. The van der Waals surface area contributed by atoms with Gasteiger partial charge >= 0.3 is 39.9 Å². The van der Waals surface area contributed by atoms with E-state index < -0.39 is 40.1 Å². The zero-order chi connectivity index (χ0) is 18.9. The van der Waals surface area contributed by atoms with Crippen molar-refractivity contribution in [3.8, 4) is 0 Å². The Morgan fingerprint density at radius 2 is 2.15 bits per heavy atom. The summed E-state index contributed by atoms with van der Waals surface area (Å²) in [7, 11) is -3.85. The number of anilines is 1. The zero-order valence-corrected chi connectivity index (χ0v) is 17.1. The molecule has 1 aromatic heterocycles. The molecule has 0 aromatic carbocycles. The summed E-state index contributed by atoms with van der Waals surface area (Å²) in [6, 6.07) is -3.39. The Morgan fingerprint density at radius 3 is 2.58 bits per heavy atom. The molecule has 0 aliphatic carbocycles. The Kier molecular flexibility index (Phi) is 7.09. The Morgan fingerprint density at radius 1 is 1.54 bits per heavy atom. The van der Waals surface area contributed by atoms with Crippen LogP contribution in [0.4, 0.5) is 5.13 Å². The van der Waals surface area contributed by atoms with Gasteiger partial charge in [-0.2, -0.15) is 12.7 Å². The van der Waals surface area contributed by atoms with Crippen molar-refractivity contribution in [3.05, 3.63) is 11.1 Å². The minimum Gasteiger partial charge on any atom is -1.00 e. The van der Waals surface area contributed by atoms with E-state index in [1.54, 1.807) is 0 Å². The Hall–Kier alpha value is -1.78. The van der Waals surface area contributed by atoms with E-state index >= 15 is 0 Å². The minimum absolute atomic E-state index is 0. The smallest absolute Gasteiger partial charge is 1.00 e. The summed E-state index contributed by atoms with van der Waals surface area (Å²) in [4.78, 5) is 43.8. The number of aromatic nitrogens is 1. The molecule has 13 nitrogen and oxygen atoms in total. The normalized spacial score (nSPS) is 20.0. The second-order valence-electron chi connectivity index (χ2n) is 4.60. The number of nitrogens with zero attached hydrogens (tertiary/aromatic N) is 3. The van der Waals surface area contributed by atoms with Crippen LogP contribution in [0.2, 0.25) is 0 Å². The van der Waals surface area contributed by atoms with Crippen LogP contribution < -0.4 is 46.3 Å². The average molecular weight is 416 g/mol. The van der Waals surface area contributed by atoms with E-state index in [4.69, 9.17) is 16.0 Å². The molecule has 2 rings (SSSR count). The van der Waals surface area contributed by atoms with Crippen LogP contribution in [0.1, 0.15) is 7.12 Å². The van der Waals surface area contributed by atoms with E-state index in [-0.39, 0.29) is 51.8 Å². The van der Waals surface area contributed by atoms with Gasteiger partial charge in [-0.3, -0.25) is 18.9 Å². The van der Waals surface area contributed by atoms with Gasteiger partial charge in [0.25, 0.3) is 11.8 Å². The SMILES string of the molecule is CO/N=C(\C(=O)N[C@@H]1C(=O)N(S(=O)(=O)O)[C@@H]1C(N)=O)c1csc(N)n1.[H-].[Na+]. The Balaban J connectivity index is 0.00000338. The Labute approximate surface area is 174 Å². The molecule has 6 N–H and O–H groups in total. The number of hydrogen-bond donors (Lipinski definition) is 4. The molecule has 138 valence electrons.